The van der Waals surface area contributed by atoms with Crippen molar-refractivity contribution in [1.29, 1.82) is 0 Å². The first-order valence-corrected chi connectivity index (χ1v) is 7.90. The quantitative estimate of drug-likeness (QED) is 0.498. The molecule has 0 saturated heterocycles. The molecule has 2 aromatic carbocycles. The molecule has 6 heteroatoms. The highest BCUT2D eigenvalue weighted by Gasteiger charge is 2.19. The molecule has 1 heterocycles. The fourth-order valence-electron chi connectivity index (χ4n) is 2.51. The number of carbonyl (C=O) groups excluding carboxylic acids is 2. The molecular formula is C19H15ClO5. The van der Waals surface area contributed by atoms with E-state index in [1.165, 1.54) is 7.11 Å². The van der Waals surface area contributed by atoms with Crippen LogP contribution in [0.5, 0.6) is 5.75 Å². The van der Waals surface area contributed by atoms with Gasteiger partial charge in [0.25, 0.3) is 0 Å². The maximum absolute atomic E-state index is 12.2. The molecule has 3 aromatic rings. The molecule has 128 valence electrons. The van der Waals surface area contributed by atoms with Gasteiger partial charge in [-0.15, -0.1) is 0 Å². The maximum atomic E-state index is 12.2. The first-order valence-electron chi connectivity index (χ1n) is 7.52. The number of Topliss-reactive ketones (excluding diaryl/α,β-unsaturated/α-hetero) is 1. The van der Waals surface area contributed by atoms with Gasteiger partial charge in [0.05, 0.1) is 7.11 Å². The molecule has 0 radical (unpaired) electrons. The largest absolute Gasteiger partial charge is 0.485 e. The number of furan rings is 1. The number of methoxy groups -OCH3 is 1. The average molecular weight is 359 g/mol. The Morgan fingerprint density at radius 3 is 2.52 bits per heavy atom. The summed E-state index contributed by atoms with van der Waals surface area (Å²) in [5, 5.41) is 1.15. The van der Waals surface area contributed by atoms with E-state index < -0.39 is 5.97 Å². The number of esters is 1. The van der Waals surface area contributed by atoms with Crippen LogP contribution in [0.15, 0.2) is 46.9 Å². The number of hydrogen-bond acceptors (Lipinski definition) is 5. The van der Waals surface area contributed by atoms with Gasteiger partial charge in [-0.3, -0.25) is 4.79 Å². The second-order valence-electron chi connectivity index (χ2n) is 5.40. The molecule has 3 rings (SSSR count). The van der Waals surface area contributed by atoms with Gasteiger partial charge >= 0.3 is 5.97 Å². The molecule has 0 unspecified atom stereocenters. The molecule has 0 spiro atoms. The minimum atomic E-state index is -0.481. The van der Waals surface area contributed by atoms with Crippen LogP contribution in [-0.4, -0.2) is 25.5 Å². The third-order valence-corrected chi connectivity index (χ3v) is 4.01. The van der Waals surface area contributed by atoms with Crippen LogP contribution in [0, 0.1) is 6.92 Å². The fraction of sp³-hybridized carbons (Fsp3) is 0.158. The van der Waals surface area contributed by atoms with Crippen LogP contribution in [0.3, 0.4) is 0 Å². The maximum Gasteiger partial charge on any atom is 0.342 e. The lowest BCUT2D eigenvalue weighted by Gasteiger charge is -2.06. The van der Waals surface area contributed by atoms with Gasteiger partial charge in [0.2, 0.25) is 0 Å². The second kappa shape index (κ2) is 6.99. The summed E-state index contributed by atoms with van der Waals surface area (Å²) in [6.45, 7) is 1.56. The Balaban J connectivity index is 1.81. The van der Waals surface area contributed by atoms with E-state index in [9.17, 15) is 9.59 Å². The molecule has 0 fully saturated rings. The highest BCUT2D eigenvalue weighted by Crippen LogP contribution is 2.29. The van der Waals surface area contributed by atoms with Crippen molar-refractivity contribution >= 4 is 34.3 Å². The van der Waals surface area contributed by atoms with E-state index in [1.54, 1.807) is 49.4 Å². The molecule has 1 aromatic heterocycles. The van der Waals surface area contributed by atoms with Crippen molar-refractivity contribution < 1.29 is 23.5 Å². The summed E-state index contributed by atoms with van der Waals surface area (Å²) < 4.78 is 15.9. The molecule has 0 atom stereocenters. The lowest BCUT2D eigenvalue weighted by atomic mass is 10.1. The zero-order valence-electron chi connectivity index (χ0n) is 13.7. The van der Waals surface area contributed by atoms with Crippen LogP contribution in [0.25, 0.3) is 11.0 Å². The normalized spacial score (nSPS) is 10.7. The van der Waals surface area contributed by atoms with E-state index in [0.29, 0.717) is 38.6 Å². The molecule has 5 nitrogen and oxygen atoms in total. The first-order chi connectivity index (χ1) is 12.0. The predicted molar refractivity (Wildman–Crippen MR) is 93.6 cm³/mol. The summed E-state index contributed by atoms with van der Waals surface area (Å²) in [6.07, 6.45) is 0. The summed E-state index contributed by atoms with van der Waals surface area (Å²) in [4.78, 5) is 24.1. The number of aryl methyl sites for hydroxylation is 1. The molecule has 0 saturated carbocycles. The Hall–Kier alpha value is -2.79. The first kappa shape index (κ1) is 17.0. The fourth-order valence-corrected chi connectivity index (χ4v) is 2.64. The zero-order chi connectivity index (χ0) is 18.0. The highest BCUT2D eigenvalue weighted by atomic mass is 35.5. The van der Waals surface area contributed by atoms with E-state index in [4.69, 9.17) is 25.5 Å². The van der Waals surface area contributed by atoms with E-state index in [1.807, 2.05) is 0 Å². The minimum Gasteiger partial charge on any atom is -0.485 e. The van der Waals surface area contributed by atoms with Crippen molar-refractivity contribution in [2.24, 2.45) is 0 Å². The summed E-state index contributed by atoms with van der Waals surface area (Å²) in [7, 11) is 1.31. The molecule has 0 aliphatic heterocycles. The van der Waals surface area contributed by atoms with Crippen LogP contribution in [0.4, 0.5) is 0 Å². The number of fused-ring (bicyclic) bond motifs is 1. The summed E-state index contributed by atoms with van der Waals surface area (Å²) in [6, 6.07) is 11.6. The number of rotatable bonds is 5. The average Bonchev–Trinajstić information content (AvgIpc) is 2.94. The molecule has 0 aliphatic rings. The molecule has 0 amide bonds. The van der Waals surface area contributed by atoms with Gasteiger partial charge in [0.15, 0.2) is 12.4 Å². The molecule has 0 N–H and O–H groups in total. The van der Waals surface area contributed by atoms with Crippen LogP contribution in [-0.2, 0) is 4.74 Å². The van der Waals surface area contributed by atoms with Gasteiger partial charge in [0, 0.05) is 16.0 Å². The summed E-state index contributed by atoms with van der Waals surface area (Å²) in [5.74, 6) is 0.274. The Morgan fingerprint density at radius 2 is 1.84 bits per heavy atom. The number of ketones is 1. The Bertz CT molecular complexity index is 940. The number of carbonyl (C=O) groups is 2. The lowest BCUT2D eigenvalue weighted by Crippen LogP contribution is -2.11. The van der Waals surface area contributed by atoms with Crippen LogP contribution < -0.4 is 4.74 Å². The van der Waals surface area contributed by atoms with E-state index >= 15 is 0 Å². The molecule has 25 heavy (non-hydrogen) atoms. The van der Waals surface area contributed by atoms with Crippen molar-refractivity contribution in [2.75, 3.05) is 13.7 Å². The van der Waals surface area contributed by atoms with Crippen molar-refractivity contribution in [3.05, 3.63) is 64.4 Å². The summed E-state index contributed by atoms with van der Waals surface area (Å²) >= 11 is 5.81. The number of hydrogen-bond donors (Lipinski definition) is 0. The SMILES string of the molecule is COC(=O)c1c(C)oc2ccc(OCC(=O)c3ccc(Cl)cc3)cc12. The van der Waals surface area contributed by atoms with Gasteiger partial charge in [-0.1, -0.05) is 11.6 Å². The summed E-state index contributed by atoms with van der Waals surface area (Å²) in [5.41, 5.74) is 1.42. The topological polar surface area (TPSA) is 65.7 Å². The molecule has 0 bridgehead atoms. The van der Waals surface area contributed by atoms with Crippen LogP contribution in [0.1, 0.15) is 26.5 Å². The van der Waals surface area contributed by atoms with E-state index in [2.05, 4.69) is 0 Å². The Labute approximate surface area is 149 Å². The monoisotopic (exact) mass is 358 g/mol. The molecule has 0 aliphatic carbocycles. The number of ether oxygens (including phenoxy) is 2. The standard InChI is InChI=1S/C19H15ClO5/c1-11-18(19(22)23-2)15-9-14(7-8-17(15)25-11)24-10-16(21)12-3-5-13(20)6-4-12/h3-9H,10H2,1-2H3. The smallest absolute Gasteiger partial charge is 0.342 e. The highest BCUT2D eigenvalue weighted by molar-refractivity contribution is 6.30. The number of halogens is 1. The molecular weight excluding hydrogens is 344 g/mol. The predicted octanol–water partition coefficient (Wildman–Crippen LogP) is 4.44. The second-order valence-corrected chi connectivity index (χ2v) is 5.84. The van der Waals surface area contributed by atoms with Crippen LogP contribution >= 0.6 is 11.6 Å². The van der Waals surface area contributed by atoms with Gasteiger partial charge in [0.1, 0.15) is 22.7 Å². The van der Waals surface area contributed by atoms with Gasteiger partial charge in [-0.05, 0) is 49.4 Å². The van der Waals surface area contributed by atoms with Crippen molar-refractivity contribution in [2.45, 2.75) is 6.92 Å². The third kappa shape index (κ3) is 3.51. The van der Waals surface area contributed by atoms with Crippen molar-refractivity contribution in [1.82, 2.24) is 0 Å². The Morgan fingerprint density at radius 1 is 1.12 bits per heavy atom. The lowest BCUT2D eigenvalue weighted by molar-refractivity contribution is 0.0600. The van der Waals surface area contributed by atoms with Gasteiger partial charge < -0.3 is 13.9 Å². The van der Waals surface area contributed by atoms with Crippen molar-refractivity contribution in [3.63, 3.8) is 0 Å². The van der Waals surface area contributed by atoms with Crippen LogP contribution in [0.2, 0.25) is 5.02 Å². The number of benzene rings is 2. The van der Waals surface area contributed by atoms with E-state index in [0.717, 1.165) is 0 Å². The zero-order valence-corrected chi connectivity index (χ0v) is 14.4. The minimum absolute atomic E-state index is 0.127. The van der Waals surface area contributed by atoms with Crippen molar-refractivity contribution in [3.8, 4) is 5.75 Å². The third-order valence-electron chi connectivity index (χ3n) is 3.76. The van der Waals surface area contributed by atoms with Gasteiger partial charge in [-0.25, -0.2) is 4.79 Å². The Kier molecular flexibility index (Phi) is 4.76. The van der Waals surface area contributed by atoms with E-state index in [-0.39, 0.29) is 12.4 Å². The van der Waals surface area contributed by atoms with Gasteiger partial charge in [-0.2, -0.15) is 0 Å².